The molecule has 1 saturated heterocycles. The molecule has 0 aromatic heterocycles. The SMILES string of the molecule is CC(=O)N1CCN(C(=O)C(C)Oc2ccc(Cl)cc2Br)CC1. The molecule has 0 aliphatic carbocycles. The third-order valence-corrected chi connectivity index (χ3v) is 4.44. The van der Waals surface area contributed by atoms with Gasteiger partial charge in [0.2, 0.25) is 5.91 Å². The molecule has 2 rings (SSSR count). The van der Waals surface area contributed by atoms with E-state index in [0.717, 1.165) is 0 Å². The Labute approximate surface area is 143 Å². The van der Waals surface area contributed by atoms with Crippen molar-refractivity contribution in [2.45, 2.75) is 20.0 Å². The molecule has 1 aromatic carbocycles. The molecule has 1 atom stereocenters. The monoisotopic (exact) mass is 388 g/mol. The van der Waals surface area contributed by atoms with Crippen LogP contribution in [0.3, 0.4) is 0 Å². The third kappa shape index (κ3) is 4.14. The lowest BCUT2D eigenvalue weighted by Gasteiger charge is -2.35. The molecule has 0 saturated carbocycles. The van der Waals surface area contributed by atoms with Crippen LogP contribution in [0.5, 0.6) is 5.75 Å². The molecule has 1 aromatic rings. The van der Waals surface area contributed by atoms with E-state index in [1.807, 2.05) is 0 Å². The first-order valence-corrected chi connectivity index (χ1v) is 8.21. The number of rotatable bonds is 3. The summed E-state index contributed by atoms with van der Waals surface area (Å²) in [6.07, 6.45) is -0.596. The van der Waals surface area contributed by atoms with Crippen molar-refractivity contribution in [2.24, 2.45) is 0 Å². The number of ether oxygens (including phenoxy) is 1. The minimum atomic E-state index is -0.596. The number of carbonyl (C=O) groups is 2. The van der Waals surface area contributed by atoms with Crippen molar-refractivity contribution in [1.82, 2.24) is 9.80 Å². The Morgan fingerprint density at radius 1 is 1.23 bits per heavy atom. The summed E-state index contributed by atoms with van der Waals surface area (Å²) in [5.41, 5.74) is 0. The molecule has 1 aliphatic heterocycles. The Hall–Kier alpha value is -1.27. The number of hydrogen-bond acceptors (Lipinski definition) is 3. The van der Waals surface area contributed by atoms with Crippen LogP contribution < -0.4 is 4.74 Å². The van der Waals surface area contributed by atoms with Gasteiger partial charge in [0.1, 0.15) is 5.75 Å². The number of benzene rings is 1. The number of piperazine rings is 1. The van der Waals surface area contributed by atoms with Crippen LogP contribution in [0.25, 0.3) is 0 Å². The second kappa shape index (κ2) is 7.33. The first-order valence-electron chi connectivity index (χ1n) is 7.04. The summed E-state index contributed by atoms with van der Waals surface area (Å²) in [7, 11) is 0. The van der Waals surface area contributed by atoms with E-state index in [0.29, 0.717) is 41.4 Å². The average Bonchev–Trinajstić information content (AvgIpc) is 2.49. The van der Waals surface area contributed by atoms with Crippen molar-refractivity contribution >= 4 is 39.3 Å². The van der Waals surface area contributed by atoms with Crippen molar-refractivity contribution in [1.29, 1.82) is 0 Å². The minimum absolute atomic E-state index is 0.0430. The largest absolute Gasteiger partial charge is 0.480 e. The summed E-state index contributed by atoms with van der Waals surface area (Å²) in [6.45, 7) is 5.47. The van der Waals surface area contributed by atoms with Crippen LogP contribution in [-0.4, -0.2) is 53.9 Å². The van der Waals surface area contributed by atoms with Gasteiger partial charge in [0, 0.05) is 38.1 Å². The van der Waals surface area contributed by atoms with Gasteiger partial charge >= 0.3 is 0 Å². The highest BCUT2D eigenvalue weighted by Crippen LogP contribution is 2.29. The Kier molecular flexibility index (Phi) is 5.69. The normalized spacial score (nSPS) is 16.4. The summed E-state index contributed by atoms with van der Waals surface area (Å²) in [6, 6.07) is 5.16. The summed E-state index contributed by atoms with van der Waals surface area (Å²) in [5, 5.41) is 0.596. The minimum Gasteiger partial charge on any atom is -0.480 e. The Bertz CT molecular complexity index is 574. The van der Waals surface area contributed by atoms with Crippen LogP contribution in [0, 0.1) is 0 Å². The van der Waals surface area contributed by atoms with E-state index in [4.69, 9.17) is 16.3 Å². The Morgan fingerprint density at radius 3 is 2.36 bits per heavy atom. The number of halogens is 2. The number of amides is 2. The molecular formula is C15H18BrClN2O3. The van der Waals surface area contributed by atoms with Crippen molar-refractivity contribution in [3.63, 3.8) is 0 Å². The molecule has 1 aliphatic rings. The summed E-state index contributed by atoms with van der Waals surface area (Å²) in [5.74, 6) is 0.541. The molecule has 2 amide bonds. The van der Waals surface area contributed by atoms with Gasteiger partial charge in [-0.25, -0.2) is 0 Å². The zero-order chi connectivity index (χ0) is 16.3. The molecule has 7 heteroatoms. The average molecular weight is 390 g/mol. The number of nitrogens with zero attached hydrogens (tertiary/aromatic N) is 2. The van der Waals surface area contributed by atoms with Crippen LogP contribution >= 0.6 is 27.5 Å². The fraction of sp³-hybridized carbons (Fsp3) is 0.467. The highest BCUT2D eigenvalue weighted by molar-refractivity contribution is 9.10. The van der Waals surface area contributed by atoms with E-state index in [1.54, 1.807) is 41.8 Å². The smallest absolute Gasteiger partial charge is 0.263 e. The molecule has 0 N–H and O–H groups in total. The lowest BCUT2D eigenvalue weighted by Crippen LogP contribution is -2.52. The van der Waals surface area contributed by atoms with Gasteiger partial charge in [-0.05, 0) is 41.1 Å². The maximum Gasteiger partial charge on any atom is 0.263 e. The van der Waals surface area contributed by atoms with Gasteiger partial charge in [-0.3, -0.25) is 9.59 Å². The maximum absolute atomic E-state index is 12.4. The van der Waals surface area contributed by atoms with E-state index >= 15 is 0 Å². The molecule has 1 heterocycles. The number of hydrogen-bond donors (Lipinski definition) is 0. The van der Waals surface area contributed by atoms with Gasteiger partial charge in [0.05, 0.1) is 4.47 Å². The van der Waals surface area contributed by atoms with Crippen molar-refractivity contribution in [3.8, 4) is 5.75 Å². The van der Waals surface area contributed by atoms with Crippen LogP contribution in [-0.2, 0) is 9.59 Å². The fourth-order valence-corrected chi connectivity index (χ4v) is 3.09. The van der Waals surface area contributed by atoms with Gasteiger partial charge in [-0.2, -0.15) is 0 Å². The quantitative estimate of drug-likeness (QED) is 0.798. The van der Waals surface area contributed by atoms with Crippen LogP contribution in [0.15, 0.2) is 22.7 Å². The highest BCUT2D eigenvalue weighted by Gasteiger charge is 2.27. The standard InChI is InChI=1S/C15H18BrClN2O3/c1-10(22-14-4-3-12(17)9-13(14)16)15(21)19-7-5-18(6-8-19)11(2)20/h3-4,9-10H,5-8H2,1-2H3. The summed E-state index contributed by atoms with van der Waals surface area (Å²) >= 11 is 9.25. The van der Waals surface area contributed by atoms with E-state index in [1.165, 1.54) is 0 Å². The van der Waals surface area contributed by atoms with E-state index in [9.17, 15) is 9.59 Å². The van der Waals surface area contributed by atoms with Crippen LogP contribution in [0.4, 0.5) is 0 Å². The first-order chi connectivity index (χ1) is 10.4. The fourth-order valence-electron chi connectivity index (χ4n) is 2.31. The second-order valence-electron chi connectivity index (χ2n) is 5.17. The molecule has 0 bridgehead atoms. The predicted octanol–water partition coefficient (Wildman–Crippen LogP) is 2.56. The van der Waals surface area contributed by atoms with Crippen molar-refractivity contribution < 1.29 is 14.3 Å². The first kappa shape index (κ1) is 17.1. The zero-order valence-corrected chi connectivity index (χ0v) is 14.9. The molecule has 0 spiro atoms. The molecular weight excluding hydrogens is 372 g/mol. The van der Waals surface area contributed by atoms with E-state index in [2.05, 4.69) is 15.9 Å². The third-order valence-electron chi connectivity index (χ3n) is 3.58. The van der Waals surface area contributed by atoms with Gasteiger partial charge in [-0.1, -0.05) is 11.6 Å². The second-order valence-corrected chi connectivity index (χ2v) is 6.46. The molecule has 22 heavy (non-hydrogen) atoms. The molecule has 120 valence electrons. The van der Waals surface area contributed by atoms with Crippen molar-refractivity contribution in [2.75, 3.05) is 26.2 Å². The lowest BCUT2D eigenvalue weighted by molar-refractivity contribution is -0.143. The zero-order valence-electron chi connectivity index (χ0n) is 12.5. The Morgan fingerprint density at radius 2 is 1.82 bits per heavy atom. The van der Waals surface area contributed by atoms with Gasteiger partial charge in [0.15, 0.2) is 6.10 Å². The molecule has 1 unspecified atom stereocenters. The summed E-state index contributed by atoms with van der Waals surface area (Å²) < 4.78 is 6.42. The summed E-state index contributed by atoms with van der Waals surface area (Å²) in [4.78, 5) is 27.2. The highest BCUT2D eigenvalue weighted by atomic mass is 79.9. The topological polar surface area (TPSA) is 49.9 Å². The lowest BCUT2D eigenvalue weighted by atomic mass is 10.2. The van der Waals surface area contributed by atoms with E-state index < -0.39 is 6.10 Å². The van der Waals surface area contributed by atoms with Crippen LogP contribution in [0.1, 0.15) is 13.8 Å². The molecule has 5 nitrogen and oxygen atoms in total. The van der Waals surface area contributed by atoms with E-state index in [-0.39, 0.29) is 11.8 Å². The van der Waals surface area contributed by atoms with Crippen LogP contribution in [0.2, 0.25) is 5.02 Å². The Balaban J connectivity index is 1.94. The van der Waals surface area contributed by atoms with Gasteiger partial charge in [0.25, 0.3) is 5.91 Å². The predicted molar refractivity (Wildman–Crippen MR) is 88.1 cm³/mol. The molecule has 0 radical (unpaired) electrons. The molecule has 1 fully saturated rings. The van der Waals surface area contributed by atoms with Crippen molar-refractivity contribution in [3.05, 3.63) is 27.7 Å². The van der Waals surface area contributed by atoms with Gasteiger partial charge in [-0.15, -0.1) is 0 Å². The van der Waals surface area contributed by atoms with Gasteiger partial charge < -0.3 is 14.5 Å². The maximum atomic E-state index is 12.4. The number of carbonyl (C=O) groups excluding carboxylic acids is 2.